The van der Waals surface area contributed by atoms with Crippen LogP contribution in [0.25, 0.3) is 0 Å². The second-order valence-corrected chi connectivity index (χ2v) is 4.97. The Labute approximate surface area is 102 Å². The van der Waals surface area contributed by atoms with Gasteiger partial charge in [-0.2, -0.15) is 0 Å². The number of amides is 1. The molecule has 3 N–H and O–H groups in total. The maximum absolute atomic E-state index is 12.2. The first kappa shape index (κ1) is 12.8. The minimum atomic E-state index is -0.324. The molecule has 0 spiro atoms. The maximum Gasteiger partial charge on any atom is 0.227 e. The average Bonchev–Trinajstić information content (AvgIpc) is 2.87. The van der Waals surface area contributed by atoms with Gasteiger partial charge in [-0.25, -0.2) is 0 Å². The molecule has 1 aliphatic heterocycles. The molecule has 0 aromatic heterocycles. The van der Waals surface area contributed by atoms with Gasteiger partial charge in [0, 0.05) is 13.1 Å². The normalized spacial score (nSPS) is 27.9. The summed E-state index contributed by atoms with van der Waals surface area (Å²) >= 11 is 0. The predicted molar refractivity (Wildman–Crippen MR) is 63.5 cm³/mol. The summed E-state index contributed by atoms with van der Waals surface area (Å²) in [7, 11) is 0. The summed E-state index contributed by atoms with van der Waals surface area (Å²) in [5.74, 6) is 0.0895. The second kappa shape index (κ2) is 5.80. The van der Waals surface area contributed by atoms with E-state index in [0.717, 1.165) is 25.7 Å². The lowest BCUT2D eigenvalue weighted by Gasteiger charge is -2.28. The standard InChI is InChI=1S/C12H22N2O3/c13-9-12(3-1-2-4-12)11(15)14-7-10-8-16-5-6-17-10/h10H,1-9,13H2,(H,14,15). The van der Waals surface area contributed by atoms with Gasteiger partial charge in [-0.3, -0.25) is 4.79 Å². The smallest absolute Gasteiger partial charge is 0.227 e. The molecule has 1 heterocycles. The van der Waals surface area contributed by atoms with Crippen LogP contribution < -0.4 is 11.1 Å². The Morgan fingerprint density at radius 2 is 2.12 bits per heavy atom. The van der Waals surface area contributed by atoms with Crippen LogP contribution in [0.5, 0.6) is 0 Å². The Kier molecular flexibility index (Phi) is 4.36. The Morgan fingerprint density at radius 3 is 2.71 bits per heavy atom. The molecule has 1 saturated carbocycles. The van der Waals surface area contributed by atoms with Crippen molar-refractivity contribution in [2.75, 3.05) is 32.9 Å². The van der Waals surface area contributed by atoms with Crippen molar-refractivity contribution in [1.29, 1.82) is 0 Å². The molecule has 0 aromatic rings. The number of ether oxygens (including phenoxy) is 2. The van der Waals surface area contributed by atoms with Crippen LogP contribution in [0.2, 0.25) is 0 Å². The Morgan fingerprint density at radius 1 is 1.35 bits per heavy atom. The summed E-state index contributed by atoms with van der Waals surface area (Å²) in [6.07, 6.45) is 4.03. The van der Waals surface area contributed by atoms with Gasteiger partial charge in [0.25, 0.3) is 0 Å². The van der Waals surface area contributed by atoms with Gasteiger partial charge >= 0.3 is 0 Å². The molecule has 1 aliphatic carbocycles. The van der Waals surface area contributed by atoms with E-state index in [1.807, 2.05) is 0 Å². The van der Waals surface area contributed by atoms with Gasteiger partial charge in [-0.15, -0.1) is 0 Å². The van der Waals surface area contributed by atoms with Crippen LogP contribution in [0.15, 0.2) is 0 Å². The SMILES string of the molecule is NCC1(C(=O)NCC2COCCO2)CCCC1. The number of nitrogens with two attached hydrogens (primary N) is 1. The molecule has 2 rings (SSSR count). The maximum atomic E-state index is 12.2. The van der Waals surface area contributed by atoms with E-state index in [-0.39, 0.29) is 17.4 Å². The first-order valence-corrected chi connectivity index (χ1v) is 6.44. The van der Waals surface area contributed by atoms with E-state index in [4.69, 9.17) is 15.2 Å². The van der Waals surface area contributed by atoms with Crippen molar-refractivity contribution in [2.45, 2.75) is 31.8 Å². The molecule has 1 amide bonds. The quantitative estimate of drug-likeness (QED) is 0.730. The van der Waals surface area contributed by atoms with E-state index >= 15 is 0 Å². The number of carbonyl (C=O) groups is 1. The highest BCUT2D eigenvalue weighted by atomic mass is 16.6. The zero-order chi connectivity index (χ0) is 12.1. The van der Waals surface area contributed by atoms with Crippen molar-refractivity contribution < 1.29 is 14.3 Å². The fourth-order valence-corrected chi connectivity index (χ4v) is 2.62. The van der Waals surface area contributed by atoms with Crippen LogP contribution in [0.1, 0.15) is 25.7 Å². The van der Waals surface area contributed by atoms with E-state index < -0.39 is 0 Å². The molecule has 1 unspecified atom stereocenters. The molecule has 2 aliphatic rings. The van der Waals surface area contributed by atoms with Crippen LogP contribution in [0.4, 0.5) is 0 Å². The van der Waals surface area contributed by atoms with Crippen LogP contribution in [0.3, 0.4) is 0 Å². The van der Waals surface area contributed by atoms with E-state index in [0.29, 0.717) is 32.9 Å². The van der Waals surface area contributed by atoms with Crippen molar-refractivity contribution in [3.63, 3.8) is 0 Å². The zero-order valence-corrected chi connectivity index (χ0v) is 10.2. The molecule has 5 heteroatoms. The number of nitrogens with one attached hydrogen (secondary N) is 1. The summed E-state index contributed by atoms with van der Waals surface area (Å²) in [6.45, 7) is 2.80. The van der Waals surface area contributed by atoms with Crippen molar-refractivity contribution in [1.82, 2.24) is 5.32 Å². The molecular weight excluding hydrogens is 220 g/mol. The Hall–Kier alpha value is -0.650. The molecule has 0 bridgehead atoms. The van der Waals surface area contributed by atoms with E-state index in [1.54, 1.807) is 0 Å². The molecule has 1 atom stereocenters. The lowest BCUT2D eigenvalue weighted by molar-refractivity contribution is -0.132. The summed E-state index contributed by atoms with van der Waals surface area (Å²) in [5.41, 5.74) is 5.44. The fraction of sp³-hybridized carbons (Fsp3) is 0.917. The van der Waals surface area contributed by atoms with E-state index in [9.17, 15) is 4.79 Å². The third-order valence-corrected chi connectivity index (χ3v) is 3.81. The first-order chi connectivity index (χ1) is 8.27. The molecule has 0 radical (unpaired) electrons. The molecule has 2 fully saturated rings. The highest BCUT2D eigenvalue weighted by molar-refractivity contribution is 5.83. The van der Waals surface area contributed by atoms with Crippen LogP contribution in [-0.4, -0.2) is 44.9 Å². The van der Waals surface area contributed by atoms with Gasteiger partial charge in [0.1, 0.15) is 0 Å². The van der Waals surface area contributed by atoms with Crippen LogP contribution >= 0.6 is 0 Å². The minimum Gasteiger partial charge on any atom is -0.376 e. The van der Waals surface area contributed by atoms with Gasteiger partial charge in [-0.1, -0.05) is 12.8 Å². The van der Waals surface area contributed by atoms with Crippen molar-refractivity contribution >= 4 is 5.91 Å². The topological polar surface area (TPSA) is 73.6 Å². The summed E-state index contributed by atoms with van der Waals surface area (Å²) < 4.78 is 10.8. The lowest BCUT2D eigenvalue weighted by atomic mass is 9.85. The number of hydrogen-bond donors (Lipinski definition) is 2. The summed E-state index contributed by atoms with van der Waals surface area (Å²) in [6, 6.07) is 0. The third-order valence-electron chi connectivity index (χ3n) is 3.81. The highest BCUT2D eigenvalue weighted by Gasteiger charge is 2.39. The minimum absolute atomic E-state index is 0.0103. The molecule has 5 nitrogen and oxygen atoms in total. The molecular formula is C12H22N2O3. The fourth-order valence-electron chi connectivity index (χ4n) is 2.62. The van der Waals surface area contributed by atoms with E-state index in [1.165, 1.54) is 0 Å². The lowest BCUT2D eigenvalue weighted by Crippen LogP contribution is -2.48. The van der Waals surface area contributed by atoms with Crippen LogP contribution in [0, 0.1) is 5.41 Å². The van der Waals surface area contributed by atoms with Crippen molar-refractivity contribution in [3.8, 4) is 0 Å². The molecule has 1 saturated heterocycles. The summed E-state index contributed by atoms with van der Waals surface area (Å²) in [4.78, 5) is 12.2. The van der Waals surface area contributed by atoms with Gasteiger partial charge in [-0.05, 0) is 12.8 Å². The zero-order valence-electron chi connectivity index (χ0n) is 10.2. The Bertz CT molecular complexity index is 258. The number of rotatable bonds is 4. The number of hydrogen-bond acceptors (Lipinski definition) is 4. The van der Waals surface area contributed by atoms with Crippen molar-refractivity contribution in [3.05, 3.63) is 0 Å². The van der Waals surface area contributed by atoms with Crippen LogP contribution in [-0.2, 0) is 14.3 Å². The monoisotopic (exact) mass is 242 g/mol. The molecule has 0 aromatic carbocycles. The second-order valence-electron chi connectivity index (χ2n) is 4.97. The average molecular weight is 242 g/mol. The first-order valence-electron chi connectivity index (χ1n) is 6.44. The molecule has 98 valence electrons. The number of carbonyl (C=O) groups excluding carboxylic acids is 1. The highest BCUT2D eigenvalue weighted by Crippen LogP contribution is 2.37. The predicted octanol–water partition coefficient (Wildman–Crippen LogP) is 0.0371. The van der Waals surface area contributed by atoms with Gasteiger partial charge in [0.15, 0.2) is 0 Å². The van der Waals surface area contributed by atoms with E-state index in [2.05, 4.69) is 5.32 Å². The largest absolute Gasteiger partial charge is 0.376 e. The Balaban J connectivity index is 1.79. The molecule has 17 heavy (non-hydrogen) atoms. The van der Waals surface area contributed by atoms with Gasteiger partial charge in [0.2, 0.25) is 5.91 Å². The van der Waals surface area contributed by atoms with Gasteiger partial charge in [0.05, 0.1) is 31.3 Å². The van der Waals surface area contributed by atoms with Gasteiger partial charge < -0.3 is 20.5 Å². The summed E-state index contributed by atoms with van der Waals surface area (Å²) in [5, 5.41) is 2.96. The third kappa shape index (κ3) is 2.97. The van der Waals surface area contributed by atoms with Crippen molar-refractivity contribution in [2.24, 2.45) is 11.1 Å².